The fraction of sp³-hybridized carbons (Fsp3) is 0.333. The number of esters is 2. The van der Waals surface area contributed by atoms with Crippen LogP contribution in [0.5, 0.6) is 0 Å². The van der Waals surface area contributed by atoms with Crippen molar-refractivity contribution in [3.63, 3.8) is 0 Å². The van der Waals surface area contributed by atoms with E-state index in [1.165, 1.54) is 14.0 Å². The van der Waals surface area contributed by atoms with Gasteiger partial charge in [0, 0.05) is 5.69 Å². The maximum atomic E-state index is 11.7. The van der Waals surface area contributed by atoms with E-state index in [9.17, 15) is 9.59 Å². The van der Waals surface area contributed by atoms with Gasteiger partial charge in [-0.15, -0.1) is 0 Å². The molecule has 0 radical (unpaired) electrons. The molecule has 0 fully saturated rings. The number of nitrogens with two attached hydrogens (primary N) is 1. The Morgan fingerprint density at radius 1 is 1.35 bits per heavy atom. The molecular formula is C12H15NO4. The quantitative estimate of drug-likeness (QED) is 0.633. The van der Waals surface area contributed by atoms with Crippen LogP contribution in [0.2, 0.25) is 0 Å². The number of carbonyl (C=O) groups is 2. The summed E-state index contributed by atoms with van der Waals surface area (Å²) < 4.78 is 9.42. The number of nitrogen functional groups attached to an aromatic ring is 1. The maximum absolute atomic E-state index is 11.7. The zero-order valence-electron chi connectivity index (χ0n) is 10.0. The first-order valence-corrected chi connectivity index (χ1v) is 5.10. The van der Waals surface area contributed by atoms with Crippen molar-refractivity contribution >= 4 is 17.6 Å². The summed E-state index contributed by atoms with van der Waals surface area (Å²) in [7, 11) is 1.24. The smallest absolute Gasteiger partial charge is 0.346 e. The molecular weight excluding hydrogens is 222 g/mol. The Balaban J connectivity index is 2.80. The molecule has 5 heteroatoms. The number of rotatable bonds is 3. The predicted molar refractivity (Wildman–Crippen MR) is 62.5 cm³/mol. The molecule has 1 aromatic carbocycles. The number of hydrogen-bond donors (Lipinski definition) is 1. The van der Waals surface area contributed by atoms with Crippen molar-refractivity contribution in [2.24, 2.45) is 0 Å². The second-order valence-electron chi connectivity index (χ2n) is 3.65. The molecule has 0 amide bonds. The van der Waals surface area contributed by atoms with Crippen LogP contribution < -0.4 is 5.73 Å². The summed E-state index contributed by atoms with van der Waals surface area (Å²) in [4.78, 5) is 22.8. The molecule has 0 spiro atoms. The Bertz CT molecular complexity index is 442. The number of carbonyl (C=O) groups excluding carboxylic acids is 2. The van der Waals surface area contributed by atoms with Gasteiger partial charge in [0.15, 0.2) is 6.10 Å². The number of methoxy groups -OCH3 is 1. The van der Waals surface area contributed by atoms with E-state index in [1.54, 1.807) is 25.1 Å². The van der Waals surface area contributed by atoms with Crippen LogP contribution in [0.4, 0.5) is 5.69 Å². The molecule has 1 aromatic rings. The standard InChI is InChI=1S/C12H15NO4/c1-7-6-9(13)4-5-10(7)12(15)17-8(2)11(14)16-3/h4-6,8H,13H2,1-3H3. The van der Waals surface area contributed by atoms with Gasteiger partial charge in [0.05, 0.1) is 12.7 Å². The topological polar surface area (TPSA) is 78.6 Å². The van der Waals surface area contributed by atoms with Crippen LogP contribution in [0.3, 0.4) is 0 Å². The third-order valence-electron chi connectivity index (χ3n) is 2.29. The van der Waals surface area contributed by atoms with E-state index < -0.39 is 18.0 Å². The molecule has 1 unspecified atom stereocenters. The van der Waals surface area contributed by atoms with Crippen LogP contribution in [0.15, 0.2) is 18.2 Å². The van der Waals surface area contributed by atoms with Crippen molar-refractivity contribution in [1.29, 1.82) is 0 Å². The summed E-state index contributed by atoms with van der Waals surface area (Å²) in [5.74, 6) is -1.16. The lowest BCUT2D eigenvalue weighted by atomic mass is 10.1. The molecule has 1 rings (SSSR count). The van der Waals surface area contributed by atoms with E-state index in [4.69, 9.17) is 10.5 Å². The largest absolute Gasteiger partial charge is 0.466 e. The maximum Gasteiger partial charge on any atom is 0.346 e. The number of aryl methyl sites for hydroxylation is 1. The highest BCUT2D eigenvalue weighted by Crippen LogP contribution is 2.14. The van der Waals surface area contributed by atoms with Crippen LogP contribution in [0, 0.1) is 6.92 Å². The Morgan fingerprint density at radius 3 is 2.53 bits per heavy atom. The molecule has 0 aromatic heterocycles. The van der Waals surface area contributed by atoms with Crippen molar-refractivity contribution in [3.8, 4) is 0 Å². The van der Waals surface area contributed by atoms with Crippen molar-refractivity contribution in [1.82, 2.24) is 0 Å². The Morgan fingerprint density at radius 2 is 2.00 bits per heavy atom. The third kappa shape index (κ3) is 3.21. The molecule has 0 aliphatic heterocycles. The van der Waals surface area contributed by atoms with Crippen LogP contribution in [-0.4, -0.2) is 25.2 Å². The molecule has 0 aliphatic rings. The van der Waals surface area contributed by atoms with Crippen molar-refractivity contribution in [3.05, 3.63) is 29.3 Å². The van der Waals surface area contributed by atoms with Gasteiger partial charge in [0.25, 0.3) is 0 Å². The highest BCUT2D eigenvalue weighted by Gasteiger charge is 2.20. The minimum atomic E-state index is -0.926. The summed E-state index contributed by atoms with van der Waals surface area (Å²) >= 11 is 0. The van der Waals surface area contributed by atoms with Gasteiger partial charge < -0.3 is 15.2 Å². The summed E-state index contributed by atoms with van der Waals surface area (Å²) in [5.41, 5.74) is 7.23. The second-order valence-corrected chi connectivity index (χ2v) is 3.65. The number of benzene rings is 1. The van der Waals surface area contributed by atoms with Gasteiger partial charge in [-0.25, -0.2) is 9.59 Å². The normalized spacial score (nSPS) is 11.7. The van der Waals surface area contributed by atoms with E-state index in [0.29, 0.717) is 16.8 Å². The zero-order valence-corrected chi connectivity index (χ0v) is 10.0. The molecule has 17 heavy (non-hydrogen) atoms. The van der Waals surface area contributed by atoms with Crippen molar-refractivity contribution in [2.75, 3.05) is 12.8 Å². The average Bonchev–Trinajstić information content (AvgIpc) is 2.27. The van der Waals surface area contributed by atoms with Crippen molar-refractivity contribution in [2.45, 2.75) is 20.0 Å². The lowest BCUT2D eigenvalue weighted by Crippen LogP contribution is -2.25. The molecule has 1 atom stereocenters. The molecule has 5 nitrogen and oxygen atoms in total. The molecule has 92 valence electrons. The fourth-order valence-electron chi connectivity index (χ4n) is 1.35. The van der Waals surface area contributed by atoms with Crippen LogP contribution in [-0.2, 0) is 14.3 Å². The first-order chi connectivity index (χ1) is 7.95. The van der Waals surface area contributed by atoms with E-state index >= 15 is 0 Å². The minimum Gasteiger partial charge on any atom is -0.466 e. The molecule has 0 aliphatic carbocycles. The van der Waals surface area contributed by atoms with E-state index in [0.717, 1.165) is 0 Å². The SMILES string of the molecule is COC(=O)C(C)OC(=O)c1ccc(N)cc1C. The lowest BCUT2D eigenvalue weighted by molar-refractivity contribution is -0.149. The Hall–Kier alpha value is -2.04. The Kier molecular flexibility index (Phi) is 4.09. The minimum absolute atomic E-state index is 0.384. The second kappa shape index (κ2) is 5.34. The summed E-state index contributed by atoms with van der Waals surface area (Å²) in [6.45, 7) is 3.20. The zero-order chi connectivity index (χ0) is 13.0. The summed E-state index contributed by atoms with van der Waals surface area (Å²) in [6.07, 6.45) is -0.926. The first-order valence-electron chi connectivity index (χ1n) is 5.10. The fourth-order valence-corrected chi connectivity index (χ4v) is 1.35. The van der Waals surface area contributed by atoms with Crippen LogP contribution >= 0.6 is 0 Å². The number of ether oxygens (including phenoxy) is 2. The van der Waals surface area contributed by atoms with Gasteiger partial charge in [-0.2, -0.15) is 0 Å². The van der Waals surface area contributed by atoms with Gasteiger partial charge in [-0.05, 0) is 37.6 Å². The first kappa shape index (κ1) is 13.0. The van der Waals surface area contributed by atoms with Gasteiger partial charge in [-0.3, -0.25) is 0 Å². The monoisotopic (exact) mass is 237 g/mol. The molecule has 0 saturated heterocycles. The molecule has 0 heterocycles. The van der Waals surface area contributed by atoms with E-state index in [1.807, 2.05) is 0 Å². The third-order valence-corrected chi connectivity index (χ3v) is 2.29. The summed E-state index contributed by atoms with van der Waals surface area (Å²) in [5, 5.41) is 0. The molecule has 0 saturated carbocycles. The van der Waals surface area contributed by atoms with Crippen molar-refractivity contribution < 1.29 is 19.1 Å². The highest BCUT2D eigenvalue weighted by molar-refractivity contribution is 5.93. The highest BCUT2D eigenvalue weighted by atomic mass is 16.6. The number of hydrogen-bond acceptors (Lipinski definition) is 5. The van der Waals surface area contributed by atoms with Gasteiger partial charge >= 0.3 is 11.9 Å². The van der Waals surface area contributed by atoms with Gasteiger partial charge in [0.1, 0.15) is 0 Å². The summed E-state index contributed by atoms with van der Waals surface area (Å²) in [6, 6.07) is 4.84. The van der Waals surface area contributed by atoms with E-state index in [-0.39, 0.29) is 0 Å². The lowest BCUT2D eigenvalue weighted by Gasteiger charge is -2.12. The van der Waals surface area contributed by atoms with Gasteiger partial charge in [-0.1, -0.05) is 0 Å². The molecule has 2 N–H and O–H groups in total. The van der Waals surface area contributed by atoms with Crippen LogP contribution in [0.25, 0.3) is 0 Å². The van der Waals surface area contributed by atoms with Gasteiger partial charge in [0.2, 0.25) is 0 Å². The predicted octanol–water partition coefficient (Wildman–Crippen LogP) is 1.30. The van der Waals surface area contributed by atoms with E-state index in [2.05, 4.69) is 4.74 Å². The Labute approximate surface area is 99.5 Å². The number of anilines is 1. The van der Waals surface area contributed by atoms with Crippen LogP contribution in [0.1, 0.15) is 22.8 Å². The molecule has 0 bridgehead atoms. The average molecular weight is 237 g/mol.